The second-order valence-corrected chi connectivity index (χ2v) is 6.70. The molecule has 0 saturated heterocycles. The van der Waals surface area contributed by atoms with Crippen LogP contribution >= 0.6 is 11.8 Å². The van der Waals surface area contributed by atoms with Gasteiger partial charge in [0.15, 0.2) is 0 Å². The van der Waals surface area contributed by atoms with Gasteiger partial charge in [-0.3, -0.25) is 0 Å². The van der Waals surface area contributed by atoms with Gasteiger partial charge in [-0.1, -0.05) is 19.1 Å². The summed E-state index contributed by atoms with van der Waals surface area (Å²) in [5.74, 6) is 1.68. The highest BCUT2D eigenvalue weighted by Crippen LogP contribution is 2.38. The summed E-state index contributed by atoms with van der Waals surface area (Å²) in [7, 11) is 0. The fraction of sp³-hybridized carbons (Fsp3) is 0.529. The van der Waals surface area contributed by atoms with E-state index in [1.165, 1.54) is 35.3 Å². The minimum absolute atomic E-state index is 0.415. The normalized spacial score (nSPS) is 15.0. The lowest BCUT2D eigenvalue weighted by Gasteiger charge is -2.28. The number of hydrogen-bond acceptors (Lipinski definition) is 3. The third-order valence-electron chi connectivity index (χ3n) is 3.85. The fourth-order valence-corrected chi connectivity index (χ4v) is 3.05. The molecule has 0 unspecified atom stereocenters. The summed E-state index contributed by atoms with van der Waals surface area (Å²) in [6.45, 7) is 9.15. The molecule has 1 aromatic rings. The van der Waals surface area contributed by atoms with Crippen molar-refractivity contribution in [1.29, 1.82) is 0 Å². The lowest BCUT2D eigenvalue weighted by atomic mass is 9.78. The molecule has 20 heavy (non-hydrogen) atoms. The Balaban J connectivity index is 2.05. The predicted molar refractivity (Wildman–Crippen MR) is 89.1 cm³/mol. The molecule has 0 aliphatic heterocycles. The Labute approximate surface area is 127 Å². The van der Waals surface area contributed by atoms with Crippen molar-refractivity contribution in [2.45, 2.75) is 56.5 Å². The van der Waals surface area contributed by atoms with Gasteiger partial charge in [0.1, 0.15) is 0 Å². The summed E-state index contributed by atoms with van der Waals surface area (Å²) >= 11 is 1.81. The Kier molecular flexibility index (Phi) is 5.41. The highest BCUT2D eigenvalue weighted by molar-refractivity contribution is 7.98. The SMILES string of the molecule is C=C(NCc1cc(SC)ccc1C1CCC1)NC(C)C. The number of hydrogen-bond donors (Lipinski definition) is 2. The molecule has 0 heterocycles. The standard InChI is InChI=1S/C17H26N2S/c1-12(2)19-13(3)18-11-15-10-16(20-4)8-9-17(15)14-6-5-7-14/h8-10,12,14,18-19H,3,5-7,11H2,1-2,4H3. The third-order valence-corrected chi connectivity index (χ3v) is 4.58. The van der Waals surface area contributed by atoms with E-state index in [1.54, 1.807) is 0 Å². The Morgan fingerprint density at radius 2 is 2.15 bits per heavy atom. The van der Waals surface area contributed by atoms with Crippen molar-refractivity contribution in [3.63, 3.8) is 0 Å². The van der Waals surface area contributed by atoms with Crippen molar-refractivity contribution in [2.75, 3.05) is 6.26 Å². The maximum atomic E-state index is 4.03. The number of nitrogens with one attached hydrogen (secondary N) is 2. The van der Waals surface area contributed by atoms with Crippen molar-refractivity contribution in [2.24, 2.45) is 0 Å². The summed E-state index contributed by atoms with van der Waals surface area (Å²) < 4.78 is 0. The first-order chi connectivity index (χ1) is 9.60. The van der Waals surface area contributed by atoms with Gasteiger partial charge < -0.3 is 10.6 Å². The minimum atomic E-state index is 0.415. The Bertz CT molecular complexity index is 464. The van der Waals surface area contributed by atoms with Crippen molar-refractivity contribution >= 4 is 11.8 Å². The van der Waals surface area contributed by atoms with Crippen LogP contribution in [0.4, 0.5) is 0 Å². The largest absolute Gasteiger partial charge is 0.370 e. The molecule has 2 N–H and O–H groups in total. The molecule has 2 rings (SSSR count). The van der Waals surface area contributed by atoms with Crippen LogP contribution in [0.5, 0.6) is 0 Å². The Hall–Kier alpha value is -1.09. The van der Waals surface area contributed by atoms with E-state index in [9.17, 15) is 0 Å². The first-order valence-electron chi connectivity index (χ1n) is 7.46. The molecule has 0 spiro atoms. The molecular formula is C17H26N2S. The smallest absolute Gasteiger partial charge is 0.0917 e. The van der Waals surface area contributed by atoms with Gasteiger partial charge in [-0.15, -0.1) is 11.8 Å². The highest BCUT2D eigenvalue weighted by atomic mass is 32.2. The van der Waals surface area contributed by atoms with E-state index in [0.29, 0.717) is 6.04 Å². The third kappa shape index (κ3) is 3.95. The van der Waals surface area contributed by atoms with Gasteiger partial charge >= 0.3 is 0 Å². The maximum Gasteiger partial charge on any atom is 0.0917 e. The van der Waals surface area contributed by atoms with Gasteiger partial charge in [0.05, 0.1) is 5.82 Å². The monoisotopic (exact) mass is 290 g/mol. The first-order valence-corrected chi connectivity index (χ1v) is 8.68. The van der Waals surface area contributed by atoms with Crippen molar-refractivity contribution in [3.8, 4) is 0 Å². The summed E-state index contributed by atoms with van der Waals surface area (Å²) in [6, 6.07) is 7.32. The van der Waals surface area contributed by atoms with E-state index < -0.39 is 0 Å². The van der Waals surface area contributed by atoms with Gasteiger partial charge in [-0.05, 0) is 62.1 Å². The molecule has 0 bridgehead atoms. The fourth-order valence-electron chi connectivity index (χ4n) is 2.58. The number of rotatable bonds is 7. The summed E-state index contributed by atoms with van der Waals surface area (Å²) in [5, 5.41) is 6.72. The zero-order valence-electron chi connectivity index (χ0n) is 12.8. The van der Waals surface area contributed by atoms with Crippen LogP contribution in [-0.4, -0.2) is 12.3 Å². The zero-order valence-corrected chi connectivity index (χ0v) is 13.6. The van der Waals surface area contributed by atoms with E-state index in [2.05, 4.69) is 55.5 Å². The number of benzene rings is 1. The molecule has 1 aliphatic carbocycles. The molecule has 1 fully saturated rings. The van der Waals surface area contributed by atoms with Crippen LogP contribution in [-0.2, 0) is 6.54 Å². The maximum absolute atomic E-state index is 4.03. The molecule has 1 aromatic carbocycles. The molecule has 3 heteroatoms. The van der Waals surface area contributed by atoms with Crippen LogP contribution in [0, 0.1) is 0 Å². The molecule has 0 amide bonds. The van der Waals surface area contributed by atoms with E-state index in [-0.39, 0.29) is 0 Å². The van der Waals surface area contributed by atoms with Crippen LogP contribution in [0.3, 0.4) is 0 Å². The Morgan fingerprint density at radius 3 is 2.70 bits per heavy atom. The average Bonchev–Trinajstić information content (AvgIpc) is 2.34. The molecule has 1 saturated carbocycles. The summed E-state index contributed by atoms with van der Waals surface area (Å²) in [5.41, 5.74) is 2.95. The van der Waals surface area contributed by atoms with Gasteiger partial charge in [0.2, 0.25) is 0 Å². The molecule has 0 atom stereocenters. The highest BCUT2D eigenvalue weighted by Gasteiger charge is 2.22. The average molecular weight is 290 g/mol. The predicted octanol–water partition coefficient (Wildman–Crippen LogP) is 4.23. The molecular weight excluding hydrogens is 264 g/mol. The second-order valence-electron chi connectivity index (χ2n) is 5.82. The molecule has 0 aromatic heterocycles. The van der Waals surface area contributed by atoms with Gasteiger partial charge in [0.25, 0.3) is 0 Å². The Morgan fingerprint density at radius 1 is 1.40 bits per heavy atom. The van der Waals surface area contributed by atoms with E-state index in [1.807, 2.05) is 11.8 Å². The zero-order chi connectivity index (χ0) is 14.5. The lowest BCUT2D eigenvalue weighted by molar-refractivity contribution is 0.416. The lowest BCUT2D eigenvalue weighted by Crippen LogP contribution is -2.30. The van der Waals surface area contributed by atoms with E-state index in [0.717, 1.165) is 18.3 Å². The van der Waals surface area contributed by atoms with Crippen LogP contribution in [0.15, 0.2) is 35.5 Å². The van der Waals surface area contributed by atoms with Crippen LogP contribution < -0.4 is 10.6 Å². The second kappa shape index (κ2) is 7.07. The van der Waals surface area contributed by atoms with Crippen molar-refractivity contribution in [3.05, 3.63) is 41.7 Å². The molecule has 0 radical (unpaired) electrons. The van der Waals surface area contributed by atoms with Crippen molar-refractivity contribution in [1.82, 2.24) is 10.6 Å². The quantitative estimate of drug-likeness (QED) is 0.735. The van der Waals surface area contributed by atoms with E-state index >= 15 is 0 Å². The van der Waals surface area contributed by atoms with Crippen molar-refractivity contribution < 1.29 is 0 Å². The summed E-state index contributed by atoms with van der Waals surface area (Å²) in [6.07, 6.45) is 6.20. The van der Waals surface area contributed by atoms with Gasteiger partial charge in [-0.2, -0.15) is 0 Å². The van der Waals surface area contributed by atoms with Crippen LogP contribution in [0.2, 0.25) is 0 Å². The topological polar surface area (TPSA) is 24.1 Å². The molecule has 2 nitrogen and oxygen atoms in total. The number of thioether (sulfide) groups is 1. The molecule has 110 valence electrons. The summed E-state index contributed by atoms with van der Waals surface area (Å²) in [4.78, 5) is 1.34. The van der Waals surface area contributed by atoms with Gasteiger partial charge in [-0.25, -0.2) is 0 Å². The first kappa shape index (κ1) is 15.3. The van der Waals surface area contributed by atoms with Crippen LogP contribution in [0.25, 0.3) is 0 Å². The van der Waals surface area contributed by atoms with Gasteiger partial charge in [0, 0.05) is 17.5 Å². The van der Waals surface area contributed by atoms with Crippen LogP contribution in [0.1, 0.15) is 50.2 Å². The molecule has 1 aliphatic rings. The van der Waals surface area contributed by atoms with E-state index in [4.69, 9.17) is 0 Å². The minimum Gasteiger partial charge on any atom is -0.370 e.